The van der Waals surface area contributed by atoms with Gasteiger partial charge in [0.25, 0.3) is 11.8 Å². The Morgan fingerprint density at radius 1 is 1.23 bits per heavy atom. The Bertz CT molecular complexity index is 689. The van der Waals surface area contributed by atoms with Crippen LogP contribution in [-0.2, 0) is 28.8 Å². The fourth-order valence-electron chi connectivity index (χ4n) is 3.16. The molecule has 1 saturated heterocycles. The molecule has 2 atom stereocenters. The highest BCUT2D eigenvalue weighted by molar-refractivity contribution is 6.02. The van der Waals surface area contributed by atoms with Gasteiger partial charge in [0.2, 0.25) is 11.8 Å². The first-order valence-electron chi connectivity index (χ1n) is 9.84. The largest absolute Gasteiger partial charge is 0.355 e. The number of hydrogen-bond acceptors (Lipinski definition) is 7. The van der Waals surface area contributed by atoms with Crippen molar-refractivity contribution in [3.8, 4) is 0 Å². The van der Waals surface area contributed by atoms with Crippen molar-refractivity contribution in [1.29, 1.82) is 0 Å². The molecule has 10 nitrogen and oxygen atoms in total. The molecule has 168 valence electrons. The highest BCUT2D eigenvalue weighted by Gasteiger charge is 2.39. The number of imide groups is 1. The fourth-order valence-corrected chi connectivity index (χ4v) is 3.16. The number of nitrogens with zero attached hydrogens (tertiary/aromatic N) is 2. The van der Waals surface area contributed by atoms with Crippen LogP contribution in [-0.4, -0.2) is 71.8 Å². The van der Waals surface area contributed by atoms with Crippen molar-refractivity contribution in [3.05, 3.63) is 12.7 Å². The molecule has 0 radical (unpaired) electrons. The second kappa shape index (κ2) is 10.9. The van der Waals surface area contributed by atoms with E-state index in [-0.39, 0.29) is 37.6 Å². The van der Waals surface area contributed by atoms with Crippen LogP contribution in [0.25, 0.3) is 0 Å². The van der Waals surface area contributed by atoms with Gasteiger partial charge in [0.05, 0.1) is 6.54 Å². The molecule has 0 saturated carbocycles. The molecule has 0 aromatic heterocycles. The molecule has 0 spiro atoms. The molecular formula is C20H32N4O6. The predicted octanol–water partition coefficient (Wildman–Crippen LogP) is 0.137. The Hall–Kier alpha value is -2.75. The number of rotatable bonds is 11. The monoisotopic (exact) mass is 424 g/mol. The van der Waals surface area contributed by atoms with E-state index in [0.717, 1.165) is 0 Å². The number of amides is 4. The SMILES string of the molecule is C=CCC(NC(=O)C(C)(CC(C)C)NC(=O)CN(C)C)C(=O)ON1C(=O)CCC1=O. The summed E-state index contributed by atoms with van der Waals surface area (Å²) < 4.78 is 0. The normalized spacial score (nSPS) is 17.0. The van der Waals surface area contributed by atoms with Crippen LogP contribution in [0.15, 0.2) is 12.7 Å². The van der Waals surface area contributed by atoms with E-state index in [9.17, 15) is 24.0 Å². The number of likely N-dealkylation sites (N-methyl/N-ethyl adjacent to an activating group) is 1. The van der Waals surface area contributed by atoms with Crippen LogP contribution in [0.3, 0.4) is 0 Å². The van der Waals surface area contributed by atoms with Gasteiger partial charge in [0.15, 0.2) is 0 Å². The predicted molar refractivity (Wildman–Crippen MR) is 108 cm³/mol. The quantitative estimate of drug-likeness (QED) is 0.357. The number of carbonyl (C=O) groups excluding carboxylic acids is 5. The molecule has 10 heteroatoms. The molecule has 0 aliphatic carbocycles. The third-order valence-electron chi connectivity index (χ3n) is 4.37. The maximum atomic E-state index is 13.0. The van der Waals surface area contributed by atoms with Crippen LogP contribution in [0.4, 0.5) is 0 Å². The van der Waals surface area contributed by atoms with E-state index in [2.05, 4.69) is 17.2 Å². The van der Waals surface area contributed by atoms with Crippen molar-refractivity contribution < 1.29 is 28.8 Å². The van der Waals surface area contributed by atoms with Gasteiger partial charge < -0.3 is 20.4 Å². The number of nitrogens with one attached hydrogen (secondary N) is 2. The molecule has 2 unspecified atom stereocenters. The third kappa shape index (κ3) is 7.25. The van der Waals surface area contributed by atoms with Crippen molar-refractivity contribution in [1.82, 2.24) is 20.6 Å². The minimum absolute atomic E-state index is 0.0181. The molecule has 30 heavy (non-hydrogen) atoms. The van der Waals surface area contributed by atoms with Crippen molar-refractivity contribution >= 4 is 29.6 Å². The summed E-state index contributed by atoms with van der Waals surface area (Å²) in [5.74, 6) is -3.03. The number of carbonyl (C=O) groups is 5. The topological polar surface area (TPSA) is 125 Å². The molecule has 0 bridgehead atoms. The third-order valence-corrected chi connectivity index (χ3v) is 4.37. The van der Waals surface area contributed by atoms with E-state index < -0.39 is 35.3 Å². The van der Waals surface area contributed by atoms with Crippen LogP contribution in [0.5, 0.6) is 0 Å². The minimum atomic E-state index is -1.28. The summed E-state index contributed by atoms with van der Waals surface area (Å²) >= 11 is 0. The highest BCUT2D eigenvalue weighted by Crippen LogP contribution is 2.18. The second-order valence-corrected chi connectivity index (χ2v) is 8.26. The Balaban J connectivity index is 2.95. The highest BCUT2D eigenvalue weighted by atomic mass is 16.7. The van der Waals surface area contributed by atoms with Gasteiger partial charge in [0.1, 0.15) is 11.6 Å². The molecule has 2 N–H and O–H groups in total. The standard InChI is InChI=1S/C20H32N4O6/c1-7-8-14(18(28)30-24-16(26)9-10-17(24)27)21-19(29)20(4,11-13(2)3)22-15(25)12-23(5)6/h7,13-14H,1,8-12H2,2-6H3,(H,21,29)(H,22,25). The van der Waals surface area contributed by atoms with Gasteiger partial charge in [-0.05, 0) is 39.8 Å². The van der Waals surface area contributed by atoms with Crippen LogP contribution >= 0.6 is 0 Å². The summed E-state index contributed by atoms with van der Waals surface area (Å²) in [5.41, 5.74) is -1.28. The lowest BCUT2D eigenvalue weighted by Crippen LogP contribution is -2.61. The van der Waals surface area contributed by atoms with Gasteiger partial charge in [-0.1, -0.05) is 19.9 Å². The first-order valence-corrected chi connectivity index (χ1v) is 9.84. The minimum Gasteiger partial charge on any atom is -0.341 e. The van der Waals surface area contributed by atoms with E-state index >= 15 is 0 Å². The zero-order chi connectivity index (χ0) is 23.1. The summed E-state index contributed by atoms with van der Waals surface area (Å²) in [6.45, 7) is 9.05. The van der Waals surface area contributed by atoms with Crippen LogP contribution < -0.4 is 10.6 Å². The average molecular weight is 424 g/mol. The summed E-state index contributed by atoms with van der Waals surface area (Å²) in [5, 5.41) is 5.73. The maximum Gasteiger partial charge on any atom is 0.355 e. The van der Waals surface area contributed by atoms with E-state index in [4.69, 9.17) is 4.84 Å². The smallest absolute Gasteiger partial charge is 0.341 e. The lowest BCUT2D eigenvalue weighted by molar-refractivity contribution is -0.199. The molecule has 1 aliphatic rings. The summed E-state index contributed by atoms with van der Waals surface area (Å²) in [7, 11) is 3.47. The van der Waals surface area contributed by atoms with E-state index in [1.54, 1.807) is 25.9 Å². The Labute approximate surface area is 176 Å². The second-order valence-electron chi connectivity index (χ2n) is 8.26. The molecular weight excluding hydrogens is 392 g/mol. The Kier molecular flexibility index (Phi) is 9.16. The van der Waals surface area contributed by atoms with E-state index in [1.807, 2.05) is 13.8 Å². The number of hydroxylamine groups is 2. The Morgan fingerprint density at radius 2 is 1.80 bits per heavy atom. The van der Waals surface area contributed by atoms with Gasteiger partial charge in [-0.25, -0.2) is 4.79 Å². The lowest BCUT2D eigenvalue weighted by Gasteiger charge is -2.33. The van der Waals surface area contributed by atoms with Gasteiger partial charge in [-0.3, -0.25) is 19.2 Å². The lowest BCUT2D eigenvalue weighted by atomic mass is 9.89. The number of hydrogen-bond donors (Lipinski definition) is 2. The molecule has 0 aromatic rings. The van der Waals surface area contributed by atoms with Crippen molar-refractivity contribution in [2.75, 3.05) is 20.6 Å². The summed E-state index contributed by atoms with van der Waals surface area (Å²) in [6, 6.07) is -1.17. The van der Waals surface area contributed by atoms with Crippen LogP contribution in [0.1, 0.15) is 46.5 Å². The summed E-state index contributed by atoms with van der Waals surface area (Å²) in [4.78, 5) is 67.8. The fraction of sp³-hybridized carbons (Fsp3) is 0.650. The van der Waals surface area contributed by atoms with Gasteiger partial charge in [-0.2, -0.15) is 0 Å². The first-order chi connectivity index (χ1) is 13.9. The Morgan fingerprint density at radius 3 is 2.27 bits per heavy atom. The molecule has 1 fully saturated rings. The van der Waals surface area contributed by atoms with Crippen molar-refractivity contribution in [2.45, 2.75) is 58.0 Å². The molecule has 1 rings (SSSR count). The van der Waals surface area contributed by atoms with Gasteiger partial charge in [-0.15, -0.1) is 11.6 Å². The van der Waals surface area contributed by atoms with E-state index in [0.29, 0.717) is 11.5 Å². The summed E-state index contributed by atoms with van der Waals surface area (Å²) in [6.07, 6.45) is 1.69. The van der Waals surface area contributed by atoms with E-state index in [1.165, 1.54) is 6.08 Å². The molecule has 1 aliphatic heterocycles. The van der Waals surface area contributed by atoms with Crippen LogP contribution in [0.2, 0.25) is 0 Å². The van der Waals surface area contributed by atoms with Crippen molar-refractivity contribution in [2.24, 2.45) is 5.92 Å². The average Bonchev–Trinajstić information content (AvgIpc) is 2.91. The molecule has 0 aromatic carbocycles. The van der Waals surface area contributed by atoms with Gasteiger partial charge >= 0.3 is 5.97 Å². The van der Waals surface area contributed by atoms with Gasteiger partial charge in [0, 0.05) is 12.8 Å². The van der Waals surface area contributed by atoms with Crippen LogP contribution in [0, 0.1) is 5.92 Å². The zero-order valence-electron chi connectivity index (χ0n) is 18.3. The maximum absolute atomic E-state index is 13.0. The zero-order valence-corrected chi connectivity index (χ0v) is 18.3. The first kappa shape index (κ1) is 25.3. The molecule has 4 amide bonds. The molecule has 1 heterocycles. The van der Waals surface area contributed by atoms with Crippen molar-refractivity contribution in [3.63, 3.8) is 0 Å².